The van der Waals surface area contributed by atoms with Crippen LogP contribution in [-0.2, 0) is 9.47 Å². The van der Waals surface area contributed by atoms with Gasteiger partial charge in [-0.1, -0.05) is 34.1 Å². The van der Waals surface area contributed by atoms with Crippen LogP contribution in [0.25, 0.3) is 11.8 Å². The molecular weight excluding hydrogens is 375 g/mol. The predicted molar refractivity (Wildman–Crippen MR) is 95.0 cm³/mol. The second kappa shape index (κ2) is 7.47. The number of aryl methyl sites for hydroxylation is 1. The van der Waals surface area contributed by atoms with Crippen molar-refractivity contribution in [2.24, 2.45) is 0 Å². The van der Waals surface area contributed by atoms with E-state index in [0.29, 0.717) is 18.8 Å². The lowest BCUT2D eigenvalue weighted by molar-refractivity contribution is -0.183. The minimum atomic E-state index is -0.542. The van der Waals surface area contributed by atoms with Gasteiger partial charge in [-0.15, -0.1) is 0 Å². The number of aliphatic hydroxyl groups excluding tert-OH is 1. The summed E-state index contributed by atoms with van der Waals surface area (Å²) in [4.78, 5) is 0. The van der Waals surface area contributed by atoms with E-state index in [9.17, 15) is 9.50 Å². The topological polar surface area (TPSA) is 38.7 Å². The molecule has 2 aromatic rings. The van der Waals surface area contributed by atoms with E-state index in [-0.39, 0.29) is 11.3 Å². The minimum Gasteiger partial charge on any atom is -0.507 e. The van der Waals surface area contributed by atoms with Crippen LogP contribution >= 0.6 is 15.9 Å². The normalized spacial score (nSPS) is 16.4. The second-order valence-electron chi connectivity index (χ2n) is 5.72. The van der Waals surface area contributed by atoms with Gasteiger partial charge in [0.1, 0.15) is 11.6 Å². The summed E-state index contributed by atoms with van der Waals surface area (Å²) in [5.74, 6) is -0.642. The Hall–Kier alpha value is -1.69. The van der Waals surface area contributed by atoms with E-state index in [1.165, 1.54) is 12.1 Å². The molecule has 0 bridgehead atoms. The third-order valence-electron chi connectivity index (χ3n) is 3.82. The second-order valence-corrected chi connectivity index (χ2v) is 6.58. The smallest absolute Gasteiger partial charge is 0.183 e. The zero-order valence-corrected chi connectivity index (χ0v) is 14.8. The number of benzene rings is 2. The van der Waals surface area contributed by atoms with Gasteiger partial charge in [0.05, 0.1) is 18.8 Å². The fourth-order valence-corrected chi connectivity index (χ4v) is 3.15. The van der Waals surface area contributed by atoms with E-state index in [2.05, 4.69) is 15.9 Å². The summed E-state index contributed by atoms with van der Waals surface area (Å²) >= 11 is 3.45. The standard InChI is InChI=1S/C19H18BrFO3/c1-12-3-4-13(16(20)9-12)11-18(22)15-6-5-14(10-17(15)21)19-23-7-2-8-24-19/h3-6,9-11,19,22H,2,7-8H2,1H3/b18-11-. The van der Waals surface area contributed by atoms with Gasteiger partial charge >= 0.3 is 0 Å². The maximum atomic E-state index is 14.4. The molecule has 0 aromatic heterocycles. The largest absolute Gasteiger partial charge is 0.507 e. The maximum Gasteiger partial charge on any atom is 0.183 e. The Labute approximate surface area is 148 Å². The molecule has 2 aromatic carbocycles. The molecule has 3 nitrogen and oxygen atoms in total. The van der Waals surface area contributed by atoms with Gasteiger partial charge in [0, 0.05) is 10.0 Å². The average Bonchev–Trinajstić information content (AvgIpc) is 2.58. The highest BCUT2D eigenvalue weighted by atomic mass is 79.9. The quantitative estimate of drug-likeness (QED) is 0.562. The summed E-state index contributed by atoms with van der Waals surface area (Å²) in [6, 6.07) is 10.3. The van der Waals surface area contributed by atoms with Gasteiger partial charge in [0.2, 0.25) is 0 Å². The van der Waals surface area contributed by atoms with Crippen molar-refractivity contribution >= 4 is 27.8 Å². The molecule has 0 unspecified atom stereocenters. The molecule has 0 amide bonds. The number of rotatable bonds is 3. The molecule has 1 aliphatic heterocycles. The van der Waals surface area contributed by atoms with Crippen LogP contribution in [0.15, 0.2) is 40.9 Å². The monoisotopic (exact) mass is 392 g/mol. The molecule has 0 atom stereocenters. The van der Waals surface area contributed by atoms with Gasteiger partial charge in [-0.05, 0) is 48.7 Å². The van der Waals surface area contributed by atoms with E-state index in [1.54, 1.807) is 12.1 Å². The van der Waals surface area contributed by atoms with E-state index >= 15 is 0 Å². The molecule has 1 heterocycles. The van der Waals surface area contributed by atoms with Crippen LogP contribution in [0.2, 0.25) is 0 Å². The summed E-state index contributed by atoms with van der Waals surface area (Å²) in [7, 11) is 0. The average molecular weight is 393 g/mol. The number of hydrogen-bond acceptors (Lipinski definition) is 3. The van der Waals surface area contributed by atoms with Crippen LogP contribution in [0.5, 0.6) is 0 Å². The van der Waals surface area contributed by atoms with E-state index in [4.69, 9.17) is 9.47 Å². The molecule has 0 aliphatic carbocycles. The van der Waals surface area contributed by atoms with Crippen molar-refractivity contribution in [1.82, 2.24) is 0 Å². The molecule has 1 N–H and O–H groups in total. The van der Waals surface area contributed by atoms with Gasteiger partial charge in [0.15, 0.2) is 6.29 Å². The fourth-order valence-electron chi connectivity index (χ4n) is 2.54. The molecule has 1 fully saturated rings. The highest BCUT2D eigenvalue weighted by Gasteiger charge is 2.18. The molecular formula is C19H18BrFO3. The van der Waals surface area contributed by atoms with Crippen LogP contribution in [0.3, 0.4) is 0 Å². The van der Waals surface area contributed by atoms with Crippen molar-refractivity contribution in [2.45, 2.75) is 19.6 Å². The molecule has 0 spiro atoms. The van der Waals surface area contributed by atoms with Gasteiger partial charge in [-0.2, -0.15) is 0 Å². The van der Waals surface area contributed by atoms with E-state index in [1.807, 2.05) is 25.1 Å². The third kappa shape index (κ3) is 3.86. The Morgan fingerprint density at radius 3 is 2.62 bits per heavy atom. The Bertz CT molecular complexity index is 767. The van der Waals surface area contributed by atoms with Crippen LogP contribution < -0.4 is 0 Å². The number of halogens is 2. The van der Waals surface area contributed by atoms with E-state index in [0.717, 1.165) is 22.0 Å². The first-order chi connectivity index (χ1) is 11.5. The highest BCUT2D eigenvalue weighted by molar-refractivity contribution is 9.10. The Kier molecular flexibility index (Phi) is 5.33. The van der Waals surface area contributed by atoms with Crippen LogP contribution in [0.1, 0.15) is 35.0 Å². The first kappa shape index (κ1) is 17.1. The van der Waals surface area contributed by atoms with Gasteiger partial charge < -0.3 is 14.6 Å². The first-order valence-corrected chi connectivity index (χ1v) is 8.54. The molecule has 126 valence electrons. The molecule has 1 aliphatic rings. The van der Waals surface area contributed by atoms with E-state index < -0.39 is 12.1 Å². The van der Waals surface area contributed by atoms with Crippen molar-refractivity contribution in [1.29, 1.82) is 0 Å². The lowest BCUT2D eigenvalue weighted by Gasteiger charge is -2.23. The van der Waals surface area contributed by atoms with Crippen molar-refractivity contribution in [3.05, 3.63) is 68.9 Å². The Morgan fingerprint density at radius 1 is 1.21 bits per heavy atom. The number of ether oxygens (including phenoxy) is 2. The van der Waals surface area contributed by atoms with Crippen molar-refractivity contribution in [2.75, 3.05) is 13.2 Å². The van der Waals surface area contributed by atoms with Crippen LogP contribution in [0, 0.1) is 12.7 Å². The number of aliphatic hydroxyl groups is 1. The van der Waals surface area contributed by atoms with Gasteiger partial charge in [-0.3, -0.25) is 0 Å². The summed E-state index contributed by atoms with van der Waals surface area (Å²) in [6.07, 6.45) is 1.83. The maximum absolute atomic E-state index is 14.4. The van der Waals surface area contributed by atoms with Crippen molar-refractivity contribution in [3.8, 4) is 0 Å². The van der Waals surface area contributed by atoms with Gasteiger partial charge in [0.25, 0.3) is 0 Å². The summed E-state index contributed by atoms with van der Waals surface area (Å²) in [5.41, 5.74) is 2.63. The fraction of sp³-hybridized carbons (Fsp3) is 0.263. The lowest BCUT2D eigenvalue weighted by Crippen LogP contribution is -2.17. The molecule has 0 saturated carbocycles. The zero-order valence-electron chi connectivity index (χ0n) is 13.3. The van der Waals surface area contributed by atoms with Crippen molar-refractivity contribution < 1.29 is 19.0 Å². The minimum absolute atomic E-state index is 0.130. The SMILES string of the molecule is Cc1ccc(/C=C(\O)c2ccc(C3OCCCO3)cc2F)c(Br)c1. The van der Waals surface area contributed by atoms with Crippen LogP contribution in [-0.4, -0.2) is 18.3 Å². The third-order valence-corrected chi connectivity index (χ3v) is 4.50. The van der Waals surface area contributed by atoms with Crippen LogP contribution in [0.4, 0.5) is 4.39 Å². The van der Waals surface area contributed by atoms with Gasteiger partial charge in [-0.25, -0.2) is 4.39 Å². The molecule has 24 heavy (non-hydrogen) atoms. The predicted octanol–water partition coefficient (Wildman–Crippen LogP) is 5.39. The molecule has 5 heteroatoms. The summed E-state index contributed by atoms with van der Waals surface area (Å²) < 4.78 is 26.2. The Balaban J connectivity index is 1.86. The first-order valence-electron chi connectivity index (χ1n) is 7.74. The summed E-state index contributed by atoms with van der Waals surface area (Å²) in [6.45, 7) is 3.17. The molecule has 1 saturated heterocycles. The molecule has 3 rings (SSSR count). The highest BCUT2D eigenvalue weighted by Crippen LogP contribution is 2.28. The molecule has 0 radical (unpaired) electrons. The zero-order chi connectivity index (χ0) is 17.1. The summed E-state index contributed by atoms with van der Waals surface area (Å²) in [5, 5.41) is 10.3. The number of hydrogen-bond donors (Lipinski definition) is 1. The Morgan fingerprint density at radius 2 is 1.96 bits per heavy atom. The van der Waals surface area contributed by atoms with Crippen molar-refractivity contribution in [3.63, 3.8) is 0 Å². The lowest BCUT2D eigenvalue weighted by atomic mass is 10.1.